The van der Waals surface area contributed by atoms with Crippen LogP contribution in [0.25, 0.3) is 0 Å². The summed E-state index contributed by atoms with van der Waals surface area (Å²) in [5, 5.41) is 4.35. The molecule has 21 heavy (non-hydrogen) atoms. The van der Waals surface area contributed by atoms with Crippen molar-refractivity contribution in [3.05, 3.63) is 18.0 Å². The van der Waals surface area contributed by atoms with Crippen molar-refractivity contribution in [3.8, 4) is 0 Å². The van der Waals surface area contributed by atoms with Crippen LogP contribution in [0.2, 0.25) is 0 Å². The molecule has 2 saturated heterocycles. The molecule has 118 valence electrons. The summed E-state index contributed by atoms with van der Waals surface area (Å²) in [6.45, 7) is 8.73. The molecule has 2 atom stereocenters. The van der Waals surface area contributed by atoms with Crippen LogP contribution in [-0.4, -0.2) is 65.0 Å². The van der Waals surface area contributed by atoms with E-state index >= 15 is 0 Å². The number of aryl methyl sites for hydroxylation is 1. The third-order valence-electron chi connectivity index (χ3n) is 4.84. The molecular weight excluding hydrogens is 264 g/mol. The van der Waals surface area contributed by atoms with Crippen molar-refractivity contribution in [2.75, 3.05) is 39.3 Å². The highest BCUT2D eigenvalue weighted by molar-refractivity contribution is 5.08. The van der Waals surface area contributed by atoms with Crippen molar-refractivity contribution >= 4 is 0 Å². The zero-order chi connectivity index (χ0) is 14.7. The van der Waals surface area contributed by atoms with Crippen LogP contribution in [-0.2, 0) is 11.8 Å². The molecule has 0 aromatic carbocycles. The molecule has 0 N–H and O–H groups in total. The number of ether oxygens (including phenoxy) is 1. The van der Waals surface area contributed by atoms with Crippen molar-refractivity contribution < 1.29 is 4.74 Å². The zero-order valence-corrected chi connectivity index (χ0v) is 13.4. The van der Waals surface area contributed by atoms with Crippen molar-refractivity contribution in [1.29, 1.82) is 0 Å². The lowest BCUT2D eigenvalue weighted by atomic mass is 9.99. The fourth-order valence-corrected chi connectivity index (χ4v) is 3.67. The van der Waals surface area contributed by atoms with Gasteiger partial charge in [0.25, 0.3) is 0 Å². The summed E-state index contributed by atoms with van der Waals surface area (Å²) in [5.74, 6) is 0. The maximum Gasteiger partial charge on any atom is 0.0674 e. The van der Waals surface area contributed by atoms with Gasteiger partial charge >= 0.3 is 0 Å². The topological polar surface area (TPSA) is 33.5 Å². The van der Waals surface area contributed by atoms with Crippen molar-refractivity contribution in [2.45, 2.75) is 38.3 Å². The molecule has 0 aliphatic carbocycles. The molecule has 0 bridgehead atoms. The van der Waals surface area contributed by atoms with Crippen LogP contribution >= 0.6 is 0 Å². The number of likely N-dealkylation sites (tertiary alicyclic amines) is 1. The van der Waals surface area contributed by atoms with Gasteiger partial charge in [0, 0.05) is 39.4 Å². The Morgan fingerprint density at radius 3 is 2.95 bits per heavy atom. The molecule has 0 unspecified atom stereocenters. The average Bonchev–Trinajstić information content (AvgIpc) is 2.91. The Hall–Kier alpha value is -0.910. The van der Waals surface area contributed by atoms with Crippen LogP contribution in [0.3, 0.4) is 0 Å². The molecule has 0 spiro atoms. The lowest BCUT2D eigenvalue weighted by Gasteiger charge is -2.38. The van der Waals surface area contributed by atoms with Gasteiger partial charge in [0.1, 0.15) is 0 Å². The fourth-order valence-electron chi connectivity index (χ4n) is 3.67. The van der Waals surface area contributed by atoms with E-state index in [9.17, 15) is 0 Å². The van der Waals surface area contributed by atoms with Gasteiger partial charge in [0.2, 0.25) is 0 Å². The zero-order valence-electron chi connectivity index (χ0n) is 13.4. The molecule has 2 aliphatic rings. The highest BCUT2D eigenvalue weighted by atomic mass is 16.5. The predicted octanol–water partition coefficient (Wildman–Crippen LogP) is 1.67. The van der Waals surface area contributed by atoms with Gasteiger partial charge in [-0.05, 0) is 32.4 Å². The Balaban J connectivity index is 1.58. The Kier molecular flexibility index (Phi) is 4.93. The van der Waals surface area contributed by atoms with Crippen molar-refractivity contribution in [3.63, 3.8) is 0 Å². The van der Waals surface area contributed by atoms with Crippen LogP contribution in [0.4, 0.5) is 0 Å². The van der Waals surface area contributed by atoms with Gasteiger partial charge in [-0.25, -0.2) is 0 Å². The molecular formula is C16H28N4O. The standard InChI is InChI=1S/C16H28N4O/c1-14-13-19(11-12-21-14)9-10-20-8-4-3-5-16(20)15-6-7-17-18(15)2/h6-7,14,16H,3-5,8-13H2,1-2H3/t14-,16+/m0/s1. The van der Waals surface area contributed by atoms with Gasteiger partial charge in [0.15, 0.2) is 0 Å². The summed E-state index contributed by atoms with van der Waals surface area (Å²) < 4.78 is 7.67. The molecule has 5 heteroatoms. The Morgan fingerprint density at radius 2 is 2.19 bits per heavy atom. The number of piperidine rings is 1. The number of nitrogens with zero attached hydrogens (tertiary/aromatic N) is 4. The van der Waals surface area contributed by atoms with E-state index in [1.54, 1.807) is 0 Å². The molecule has 2 aliphatic heterocycles. The minimum absolute atomic E-state index is 0.382. The van der Waals surface area contributed by atoms with Crippen LogP contribution in [0.5, 0.6) is 0 Å². The van der Waals surface area contributed by atoms with Crippen LogP contribution in [0.1, 0.15) is 37.9 Å². The normalized spacial score (nSPS) is 28.9. The summed E-state index contributed by atoms with van der Waals surface area (Å²) >= 11 is 0. The van der Waals surface area contributed by atoms with Crippen LogP contribution < -0.4 is 0 Å². The van der Waals surface area contributed by atoms with E-state index in [0.29, 0.717) is 12.1 Å². The second kappa shape index (κ2) is 6.90. The van der Waals surface area contributed by atoms with Gasteiger partial charge in [-0.2, -0.15) is 5.10 Å². The summed E-state index contributed by atoms with van der Waals surface area (Å²) in [4.78, 5) is 5.20. The number of hydrogen-bond acceptors (Lipinski definition) is 4. The second-order valence-corrected chi connectivity index (χ2v) is 6.41. The molecule has 3 heterocycles. The lowest BCUT2D eigenvalue weighted by molar-refractivity contribution is -0.0229. The first kappa shape index (κ1) is 15.0. The van der Waals surface area contributed by atoms with Crippen LogP contribution in [0, 0.1) is 0 Å². The monoisotopic (exact) mass is 292 g/mol. The van der Waals surface area contributed by atoms with E-state index in [0.717, 1.165) is 32.8 Å². The second-order valence-electron chi connectivity index (χ2n) is 6.41. The van der Waals surface area contributed by atoms with Gasteiger partial charge in [0.05, 0.1) is 24.4 Å². The fraction of sp³-hybridized carbons (Fsp3) is 0.812. The molecule has 0 amide bonds. The number of morpholine rings is 1. The first-order valence-electron chi connectivity index (χ1n) is 8.30. The summed E-state index contributed by atoms with van der Waals surface area (Å²) in [6.07, 6.45) is 6.23. The quantitative estimate of drug-likeness (QED) is 0.845. The van der Waals surface area contributed by atoms with E-state index in [-0.39, 0.29) is 0 Å². The lowest BCUT2D eigenvalue weighted by Crippen LogP contribution is -2.46. The molecule has 1 aromatic heterocycles. The Bertz CT molecular complexity index is 447. The molecule has 2 fully saturated rings. The van der Waals surface area contributed by atoms with Gasteiger partial charge < -0.3 is 4.74 Å². The molecule has 0 radical (unpaired) electrons. The van der Waals surface area contributed by atoms with Crippen molar-refractivity contribution in [2.24, 2.45) is 7.05 Å². The molecule has 0 saturated carbocycles. The maximum atomic E-state index is 5.63. The number of hydrogen-bond donors (Lipinski definition) is 0. The Labute approximate surface area is 127 Å². The average molecular weight is 292 g/mol. The van der Waals surface area contributed by atoms with E-state index < -0.39 is 0 Å². The SMILES string of the molecule is C[C@H]1CN(CCN2CCCC[C@@H]2c2ccnn2C)CCO1. The van der Waals surface area contributed by atoms with Gasteiger partial charge in [-0.15, -0.1) is 0 Å². The first-order chi connectivity index (χ1) is 10.2. The predicted molar refractivity (Wildman–Crippen MR) is 83.2 cm³/mol. The molecule has 1 aromatic rings. The van der Waals surface area contributed by atoms with Gasteiger partial charge in [-0.1, -0.05) is 6.42 Å². The minimum atomic E-state index is 0.382. The Morgan fingerprint density at radius 1 is 1.29 bits per heavy atom. The third kappa shape index (κ3) is 3.65. The summed E-state index contributed by atoms with van der Waals surface area (Å²) in [5.41, 5.74) is 1.37. The van der Waals surface area contributed by atoms with Gasteiger partial charge in [-0.3, -0.25) is 14.5 Å². The number of aromatic nitrogens is 2. The summed E-state index contributed by atoms with van der Waals surface area (Å²) in [7, 11) is 2.06. The maximum absolute atomic E-state index is 5.63. The highest BCUT2D eigenvalue weighted by Crippen LogP contribution is 2.30. The summed E-state index contributed by atoms with van der Waals surface area (Å²) in [6, 6.07) is 2.73. The van der Waals surface area contributed by atoms with E-state index in [1.807, 2.05) is 10.9 Å². The largest absolute Gasteiger partial charge is 0.376 e. The number of rotatable bonds is 4. The van der Waals surface area contributed by atoms with Crippen LogP contribution in [0.15, 0.2) is 12.3 Å². The van der Waals surface area contributed by atoms with E-state index in [2.05, 4.69) is 34.9 Å². The third-order valence-corrected chi connectivity index (χ3v) is 4.84. The van der Waals surface area contributed by atoms with E-state index in [4.69, 9.17) is 4.74 Å². The molecule has 3 rings (SSSR count). The molecule has 5 nitrogen and oxygen atoms in total. The first-order valence-corrected chi connectivity index (χ1v) is 8.30. The minimum Gasteiger partial charge on any atom is -0.376 e. The highest BCUT2D eigenvalue weighted by Gasteiger charge is 2.26. The van der Waals surface area contributed by atoms with E-state index in [1.165, 1.54) is 31.5 Å². The smallest absolute Gasteiger partial charge is 0.0674 e. The van der Waals surface area contributed by atoms with Crippen molar-refractivity contribution in [1.82, 2.24) is 19.6 Å².